The van der Waals surface area contributed by atoms with Crippen LogP contribution < -0.4 is 10.2 Å². The molecule has 3 rings (SSSR count). The first-order chi connectivity index (χ1) is 8.75. The molecule has 1 fully saturated rings. The SMILES string of the molecule is Cl.O=C(C1CCNCC1)N1CCc2cc(Br)ccc21. The third kappa shape index (κ3) is 2.96. The first-order valence-electron chi connectivity index (χ1n) is 6.56. The van der Waals surface area contributed by atoms with E-state index in [0.717, 1.165) is 49.1 Å². The quantitative estimate of drug-likeness (QED) is 0.849. The predicted octanol–water partition coefficient (Wildman–Crippen LogP) is 2.76. The molecule has 2 heterocycles. The summed E-state index contributed by atoms with van der Waals surface area (Å²) < 4.78 is 1.09. The minimum absolute atomic E-state index is 0. The number of carbonyl (C=O) groups is 1. The largest absolute Gasteiger partial charge is 0.317 e. The number of amides is 1. The van der Waals surface area contributed by atoms with E-state index in [9.17, 15) is 4.79 Å². The molecular weight excluding hydrogens is 328 g/mol. The first kappa shape index (κ1) is 14.8. The summed E-state index contributed by atoms with van der Waals surface area (Å²) in [6.07, 6.45) is 2.92. The minimum atomic E-state index is 0. The second kappa shape index (κ2) is 6.25. The molecule has 1 saturated heterocycles. The van der Waals surface area contributed by atoms with Crippen LogP contribution in [0, 0.1) is 5.92 Å². The molecular formula is C14H18BrClN2O. The average molecular weight is 346 g/mol. The van der Waals surface area contributed by atoms with Gasteiger partial charge in [0.15, 0.2) is 0 Å². The van der Waals surface area contributed by atoms with E-state index in [2.05, 4.69) is 33.4 Å². The van der Waals surface area contributed by atoms with Crippen molar-refractivity contribution in [2.24, 2.45) is 5.92 Å². The molecule has 0 aromatic heterocycles. The van der Waals surface area contributed by atoms with Crippen molar-refractivity contribution in [1.82, 2.24) is 5.32 Å². The van der Waals surface area contributed by atoms with Gasteiger partial charge in [0, 0.05) is 22.6 Å². The summed E-state index contributed by atoms with van der Waals surface area (Å²) in [7, 11) is 0. The van der Waals surface area contributed by atoms with Gasteiger partial charge in [-0.3, -0.25) is 4.79 Å². The number of anilines is 1. The van der Waals surface area contributed by atoms with E-state index < -0.39 is 0 Å². The van der Waals surface area contributed by atoms with Crippen LogP contribution in [0.3, 0.4) is 0 Å². The van der Waals surface area contributed by atoms with Gasteiger partial charge in [-0.05, 0) is 56.1 Å². The molecule has 19 heavy (non-hydrogen) atoms. The third-order valence-corrected chi connectivity index (χ3v) is 4.38. The van der Waals surface area contributed by atoms with Crippen LogP contribution >= 0.6 is 28.3 Å². The highest BCUT2D eigenvalue weighted by Crippen LogP contribution is 2.32. The first-order valence-corrected chi connectivity index (χ1v) is 7.35. The number of piperidine rings is 1. The van der Waals surface area contributed by atoms with Crippen LogP contribution in [-0.4, -0.2) is 25.5 Å². The molecule has 1 aromatic rings. The molecule has 104 valence electrons. The zero-order chi connectivity index (χ0) is 12.5. The Kier molecular flexibility index (Phi) is 4.87. The van der Waals surface area contributed by atoms with Crippen molar-refractivity contribution in [3.8, 4) is 0 Å². The van der Waals surface area contributed by atoms with Crippen molar-refractivity contribution in [3.63, 3.8) is 0 Å². The molecule has 1 N–H and O–H groups in total. The summed E-state index contributed by atoms with van der Waals surface area (Å²) >= 11 is 3.49. The highest BCUT2D eigenvalue weighted by atomic mass is 79.9. The maximum Gasteiger partial charge on any atom is 0.230 e. The highest BCUT2D eigenvalue weighted by molar-refractivity contribution is 9.10. The minimum Gasteiger partial charge on any atom is -0.317 e. The lowest BCUT2D eigenvalue weighted by Gasteiger charge is -2.27. The van der Waals surface area contributed by atoms with Gasteiger partial charge in [0.1, 0.15) is 0 Å². The molecule has 1 aromatic carbocycles. The van der Waals surface area contributed by atoms with Crippen molar-refractivity contribution >= 4 is 39.9 Å². The second-order valence-electron chi connectivity index (χ2n) is 5.04. The topological polar surface area (TPSA) is 32.3 Å². The van der Waals surface area contributed by atoms with E-state index in [4.69, 9.17) is 0 Å². The second-order valence-corrected chi connectivity index (χ2v) is 5.95. The zero-order valence-corrected chi connectivity index (χ0v) is 13.1. The standard InChI is InChI=1S/C14H17BrN2O.ClH/c15-12-1-2-13-11(9-12)5-8-17(13)14(18)10-3-6-16-7-4-10;/h1-2,9-10,16H,3-8H2;1H. The van der Waals surface area contributed by atoms with Crippen molar-refractivity contribution < 1.29 is 4.79 Å². The Balaban J connectivity index is 0.00000133. The van der Waals surface area contributed by atoms with E-state index in [1.54, 1.807) is 0 Å². The highest BCUT2D eigenvalue weighted by Gasteiger charge is 2.30. The Morgan fingerprint density at radius 2 is 2.05 bits per heavy atom. The fourth-order valence-electron chi connectivity index (χ4n) is 2.89. The van der Waals surface area contributed by atoms with Gasteiger partial charge in [-0.1, -0.05) is 15.9 Å². The lowest BCUT2D eigenvalue weighted by Crippen LogP contribution is -2.40. The number of hydrogen-bond acceptors (Lipinski definition) is 2. The molecule has 1 amide bonds. The summed E-state index contributed by atoms with van der Waals surface area (Å²) in [4.78, 5) is 14.5. The number of hydrogen-bond donors (Lipinski definition) is 1. The smallest absolute Gasteiger partial charge is 0.230 e. The van der Waals surface area contributed by atoms with Gasteiger partial charge in [0.2, 0.25) is 5.91 Å². The summed E-state index contributed by atoms with van der Waals surface area (Å²) in [5, 5.41) is 3.31. The van der Waals surface area contributed by atoms with Gasteiger partial charge in [0.25, 0.3) is 0 Å². The Morgan fingerprint density at radius 1 is 1.32 bits per heavy atom. The van der Waals surface area contributed by atoms with Crippen LogP contribution in [0.1, 0.15) is 18.4 Å². The Bertz CT molecular complexity index is 475. The Labute approximate surface area is 128 Å². The lowest BCUT2D eigenvalue weighted by atomic mass is 9.96. The number of halogens is 2. The number of rotatable bonds is 1. The van der Waals surface area contributed by atoms with Gasteiger partial charge in [-0.2, -0.15) is 0 Å². The van der Waals surface area contributed by atoms with E-state index in [1.807, 2.05) is 11.0 Å². The Hall–Kier alpha value is -0.580. The number of carbonyl (C=O) groups excluding carboxylic acids is 1. The molecule has 3 nitrogen and oxygen atoms in total. The third-order valence-electron chi connectivity index (χ3n) is 3.89. The summed E-state index contributed by atoms with van der Waals surface area (Å²) in [6.45, 7) is 2.78. The van der Waals surface area contributed by atoms with Gasteiger partial charge in [0.05, 0.1) is 0 Å². The number of benzene rings is 1. The fraction of sp³-hybridized carbons (Fsp3) is 0.500. The maximum absolute atomic E-state index is 12.5. The average Bonchev–Trinajstić information content (AvgIpc) is 2.81. The van der Waals surface area contributed by atoms with Crippen molar-refractivity contribution in [2.45, 2.75) is 19.3 Å². The van der Waals surface area contributed by atoms with Crippen LogP contribution in [-0.2, 0) is 11.2 Å². The number of fused-ring (bicyclic) bond motifs is 1. The fourth-order valence-corrected chi connectivity index (χ4v) is 3.30. The van der Waals surface area contributed by atoms with Gasteiger partial charge >= 0.3 is 0 Å². The molecule has 0 aliphatic carbocycles. The molecule has 2 aliphatic heterocycles. The normalized spacial score (nSPS) is 18.9. The van der Waals surface area contributed by atoms with E-state index in [1.165, 1.54) is 5.56 Å². The van der Waals surface area contributed by atoms with Gasteiger partial charge in [-0.25, -0.2) is 0 Å². The summed E-state index contributed by atoms with van der Waals surface area (Å²) in [5.41, 5.74) is 2.40. The van der Waals surface area contributed by atoms with Crippen molar-refractivity contribution in [1.29, 1.82) is 0 Å². The number of nitrogens with zero attached hydrogens (tertiary/aromatic N) is 1. The van der Waals surface area contributed by atoms with Gasteiger partial charge in [-0.15, -0.1) is 12.4 Å². The molecule has 0 unspecified atom stereocenters. The molecule has 0 atom stereocenters. The van der Waals surface area contributed by atoms with Crippen LogP contribution in [0.2, 0.25) is 0 Å². The predicted molar refractivity (Wildman–Crippen MR) is 83.0 cm³/mol. The molecule has 2 aliphatic rings. The van der Waals surface area contributed by atoms with Crippen LogP contribution in [0.15, 0.2) is 22.7 Å². The van der Waals surface area contributed by atoms with Crippen LogP contribution in [0.4, 0.5) is 5.69 Å². The van der Waals surface area contributed by atoms with Gasteiger partial charge < -0.3 is 10.2 Å². The molecule has 0 bridgehead atoms. The maximum atomic E-state index is 12.5. The molecule has 0 saturated carbocycles. The molecule has 0 radical (unpaired) electrons. The molecule has 0 spiro atoms. The van der Waals surface area contributed by atoms with Crippen molar-refractivity contribution in [3.05, 3.63) is 28.2 Å². The summed E-state index contributed by atoms with van der Waals surface area (Å²) in [6, 6.07) is 6.21. The van der Waals surface area contributed by atoms with Crippen LogP contribution in [0.25, 0.3) is 0 Å². The van der Waals surface area contributed by atoms with E-state index in [0.29, 0.717) is 5.91 Å². The lowest BCUT2D eigenvalue weighted by molar-refractivity contribution is -0.123. The Morgan fingerprint density at radius 3 is 2.79 bits per heavy atom. The molecule has 5 heteroatoms. The number of nitrogens with one attached hydrogen (secondary N) is 1. The monoisotopic (exact) mass is 344 g/mol. The van der Waals surface area contributed by atoms with Crippen LogP contribution in [0.5, 0.6) is 0 Å². The van der Waals surface area contributed by atoms with E-state index >= 15 is 0 Å². The van der Waals surface area contributed by atoms with E-state index in [-0.39, 0.29) is 18.3 Å². The van der Waals surface area contributed by atoms with Crippen molar-refractivity contribution in [2.75, 3.05) is 24.5 Å². The zero-order valence-electron chi connectivity index (χ0n) is 10.7. The summed E-state index contributed by atoms with van der Waals surface area (Å²) in [5.74, 6) is 0.526.